The number of hydrogen-bond acceptors (Lipinski definition) is 5. The van der Waals surface area contributed by atoms with Gasteiger partial charge < -0.3 is 11.1 Å². The first-order valence-electron chi connectivity index (χ1n) is 5.53. The standard InChI is InChI=1S/C10H16N6O/c1-6(3-4-11)12-8-5-9-14-15-10(17)16(9)7(2)13-8/h5-6,12H,3-4,11H2,1-2H3,(H,15,17). The topological polar surface area (TPSA) is 101 Å². The molecule has 2 heterocycles. The molecule has 0 saturated carbocycles. The lowest BCUT2D eigenvalue weighted by atomic mass is 10.2. The van der Waals surface area contributed by atoms with Crippen LogP contribution in [-0.2, 0) is 0 Å². The molecule has 7 nitrogen and oxygen atoms in total. The van der Waals surface area contributed by atoms with Crippen molar-refractivity contribution in [2.75, 3.05) is 11.9 Å². The number of aromatic amines is 1. The van der Waals surface area contributed by atoms with Crippen LogP contribution in [0.3, 0.4) is 0 Å². The Balaban J connectivity index is 2.34. The second-order valence-electron chi connectivity index (χ2n) is 4.03. The number of nitrogens with zero attached hydrogens (tertiary/aromatic N) is 3. The summed E-state index contributed by atoms with van der Waals surface area (Å²) in [4.78, 5) is 15.7. The zero-order chi connectivity index (χ0) is 12.4. The summed E-state index contributed by atoms with van der Waals surface area (Å²) < 4.78 is 1.43. The van der Waals surface area contributed by atoms with Gasteiger partial charge >= 0.3 is 5.69 Å². The summed E-state index contributed by atoms with van der Waals surface area (Å²) in [5.74, 6) is 1.30. The molecule has 17 heavy (non-hydrogen) atoms. The first-order chi connectivity index (χ1) is 8.11. The molecule has 4 N–H and O–H groups in total. The molecular formula is C10H16N6O. The summed E-state index contributed by atoms with van der Waals surface area (Å²) in [6, 6.07) is 1.97. The number of nitrogens with one attached hydrogen (secondary N) is 2. The lowest BCUT2D eigenvalue weighted by Gasteiger charge is -2.13. The van der Waals surface area contributed by atoms with Crippen molar-refractivity contribution >= 4 is 11.5 Å². The van der Waals surface area contributed by atoms with Gasteiger partial charge in [0.05, 0.1) is 0 Å². The van der Waals surface area contributed by atoms with E-state index in [2.05, 4.69) is 20.5 Å². The average Bonchev–Trinajstić information content (AvgIpc) is 2.60. The molecule has 0 aliphatic carbocycles. The van der Waals surface area contributed by atoms with Crippen molar-refractivity contribution in [1.82, 2.24) is 19.6 Å². The zero-order valence-corrected chi connectivity index (χ0v) is 9.90. The molecule has 0 saturated heterocycles. The molecule has 0 aromatic carbocycles. The number of anilines is 1. The monoisotopic (exact) mass is 236 g/mol. The molecular weight excluding hydrogens is 220 g/mol. The average molecular weight is 236 g/mol. The first kappa shape index (κ1) is 11.6. The second-order valence-corrected chi connectivity index (χ2v) is 4.03. The van der Waals surface area contributed by atoms with Gasteiger partial charge in [-0.3, -0.25) is 0 Å². The van der Waals surface area contributed by atoms with E-state index in [1.807, 2.05) is 6.92 Å². The fraction of sp³-hybridized carbons (Fsp3) is 0.500. The SMILES string of the molecule is Cc1nc(NC(C)CCN)cc2n[nH]c(=O)n12. The van der Waals surface area contributed by atoms with E-state index in [-0.39, 0.29) is 11.7 Å². The largest absolute Gasteiger partial charge is 0.367 e. The van der Waals surface area contributed by atoms with Gasteiger partial charge in [0.15, 0.2) is 5.65 Å². The van der Waals surface area contributed by atoms with Crippen LogP contribution in [0.15, 0.2) is 10.9 Å². The normalized spacial score (nSPS) is 12.9. The van der Waals surface area contributed by atoms with Gasteiger partial charge in [-0.25, -0.2) is 19.3 Å². The van der Waals surface area contributed by atoms with E-state index in [1.165, 1.54) is 4.40 Å². The number of aryl methyl sites for hydroxylation is 1. The Morgan fingerprint density at radius 2 is 2.41 bits per heavy atom. The quantitative estimate of drug-likeness (QED) is 0.686. The third-order valence-electron chi connectivity index (χ3n) is 2.56. The zero-order valence-electron chi connectivity index (χ0n) is 9.90. The third-order valence-corrected chi connectivity index (χ3v) is 2.56. The summed E-state index contributed by atoms with van der Waals surface area (Å²) in [5, 5.41) is 9.53. The Morgan fingerprint density at radius 3 is 3.12 bits per heavy atom. The van der Waals surface area contributed by atoms with Crippen molar-refractivity contribution in [2.24, 2.45) is 5.73 Å². The van der Waals surface area contributed by atoms with Gasteiger partial charge in [-0.2, -0.15) is 5.10 Å². The highest BCUT2D eigenvalue weighted by Crippen LogP contribution is 2.09. The minimum Gasteiger partial charge on any atom is -0.367 e. The summed E-state index contributed by atoms with van der Waals surface area (Å²) in [5.41, 5.74) is 5.77. The van der Waals surface area contributed by atoms with Crippen LogP contribution in [0.4, 0.5) is 5.82 Å². The molecule has 2 aromatic rings. The van der Waals surface area contributed by atoms with Crippen LogP contribution in [-0.4, -0.2) is 32.2 Å². The molecule has 1 atom stereocenters. The van der Waals surface area contributed by atoms with Crippen LogP contribution in [0.1, 0.15) is 19.2 Å². The van der Waals surface area contributed by atoms with E-state index in [9.17, 15) is 4.79 Å². The van der Waals surface area contributed by atoms with Crippen LogP contribution in [0.5, 0.6) is 0 Å². The fourth-order valence-corrected chi connectivity index (χ4v) is 1.75. The molecule has 92 valence electrons. The van der Waals surface area contributed by atoms with Crippen LogP contribution >= 0.6 is 0 Å². The van der Waals surface area contributed by atoms with Gasteiger partial charge in [-0.1, -0.05) is 0 Å². The minimum atomic E-state index is -0.272. The van der Waals surface area contributed by atoms with Gasteiger partial charge in [-0.05, 0) is 26.8 Å². The minimum absolute atomic E-state index is 0.236. The van der Waals surface area contributed by atoms with Crippen molar-refractivity contribution in [3.63, 3.8) is 0 Å². The number of hydrogen-bond donors (Lipinski definition) is 3. The lowest BCUT2D eigenvalue weighted by Crippen LogP contribution is -2.21. The second kappa shape index (κ2) is 4.54. The smallest absolute Gasteiger partial charge is 0.349 e. The number of fused-ring (bicyclic) bond motifs is 1. The number of H-pyrrole nitrogens is 1. The van der Waals surface area contributed by atoms with Crippen molar-refractivity contribution in [3.8, 4) is 0 Å². The van der Waals surface area contributed by atoms with Gasteiger partial charge in [0.25, 0.3) is 0 Å². The molecule has 0 aliphatic heterocycles. The van der Waals surface area contributed by atoms with E-state index in [1.54, 1.807) is 13.0 Å². The highest BCUT2D eigenvalue weighted by atomic mass is 16.1. The van der Waals surface area contributed by atoms with Gasteiger partial charge in [0.1, 0.15) is 11.6 Å². The summed E-state index contributed by atoms with van der Waals surface area (Å²) in [6.07, 6.45) is 0.860. The van der Waals surface area contributed by atoms with Crippen molar-refractivity contribution < 1.29 is 0 Å². The number of rotatable bonds is 4. The van der Waals surface area contributed by atoms with Crippen LogP contribution in [0, 0.1) is 6.92 Å². The Hall–Kier alpha value is -1.89. The maximum absolute atomic E-state index is 11.4. The van der Waals surface area contributed by atoms with E-state index in [0.29, 0.717) is 23.8 Å². The predicted molar refractivity (Wildman–Crippen MR) is 65.1 cm³/mol. The summed E-state index contributed by atoms with van der Waals surface area (Å²) >= 11 is 0. The Labute approximate surface area is 98.1 Å². The Bertz CT molecular complexity index is 572. The molecule has 7 heteroatoms. The molecule has 2 rings (SSSR count). The van der Waals surface area contributed by atoms with E-state index >= 15 is 0 Å². The Kier molecular flexibility index (Phi) is 3.10. The number of aromatic nitrogens is 4. The van der Waals surface area contributed by atoms with Crippen LogP contribution in [0.2, 0.25) is 0 Å². The molecule has 0 radical (unpaired) electrons. The first-order valence-corrected chi connectivity index (χ1v) is 5.53. The van der Waals surface area contributed by atoms with Crippen molar-refractivity contribution in [1.29, 1.82) is 0 Å². The fourth-order valence-electron chi connectivity index (χ4n) is 1.75. The van der Waals surface area contributed by atoms with Crippen molar-refractivity contribution in [3.05, 3.63) is 22.4 Å². The highest BCUT2D eigenvalue weighted by molar-refractivity contribution is 5.49. The lowest BCUT2D eigenvalue weighted by molar-refractivity contribution is 0.712. The molecule has 0 bridgehead atoms. The summed E-state index contributed by atoms with van der Waals surface area (Å²) in [6.45, 7) is 4.42. The van der Waals surface area contributed by atoms with E-state index in [0.717, 1.165) is 6.42 Å². The van der Waals surface area contributed by atoms with Crippen LogP contribution < -0.4 is 16.7 Å². The maximum atomic E-state index is 11.4. The van der Waals surface area contributed by atoms with E-state index < -0.39 is 0 Å². The van der Waals surface area contributed by atoms with Crippen LogP contribution in [0.25, 0.3) is 5.65 Å². The highest BCUT2D eigenvalue weighted by Gasteiger charge is 2.08. The van der Waals surface area contributed by atoms with Gasteiger partial charge in [0, 0.05) is 12.1 Å². The van der Waals surface area contributed by atoms with E-state index in [4.69, 9.17) is 5.73 Å². The molecule has 0 aliphatic rings. The van der Waals surface area contributed by atoms with Gasteiger partial charge in [-0.15, -0.1) is 0 Å². The van der Waals surface area contributed by atoms with Gasteiger partial charge in [0.2, 0.25) is 0 Å². The molecule has 0 fully saturated rings. The molecule has 0 amide bonds. The molecule has 0 spiro atoms. The molecule has 1 unspecified atom stereocenters. The molecule has 2 aromatic heterocycles. The Morgan fingerprint density at radius 1 is 1.65 bits per heavy atom. The van der Waals surface area contributed by atoms with Crippen molar-refractivity contribution in [2.45, 2.75) is 26.3 Å². The summed E-state index contributed by atoms with van der Waals surface area (Å²) in [7, 11) is 0. The maximum Gasteiger partial charge on any atom is 0.349 e. The number of nitrogens with two attached hydrogens (primary N) is 1. The third kappa shape index (κ3) is 2.28. The predicted octanol–water partition coefficient (Wildman–Crippen LogP) is -0.125.